The molecule has 0 aromatic carbocycles. The minimum absolute atomic E-state index is 0.283. The molecule has 4 nitrogen and oxygen atoms in total. The molecule has 0 spiro atoms. The van der Waals surface area contributed by atoms with Crippen LogP contribution in [0, 0.1) is 0 Å². The molecule has 17 heavy (non-hydrogen) atoms. The van der Waals surface area contributed by atoms with Gasteiger partial charge in [0, 0.05) is 19.9 Å². The Morgan fingerprint density at radius 1 is 1.53 bits per heavy atom. The van der Waals surface area contributed by atoms with Gasteiger partial charge in [0.2, 0.25) is 0 Å². The highest BCUT2D eigenvalue weighted by Crippen LogP contribution is 2.22. The van der Waals surface area contributed by atoms with Crippen LogP contribution in [0.4, 0.5) is 5.82 Å². The lowest BCUT2D eigenvalue weighted by atomic mass is 10.1. The van der Waals surface area contributed by atoms with E-state index in [-0.39, 0.29) is 6.10 Å². The second-order valence-corrected chi connectivity index (χ2v) is 4.61. The van der Waals surface area contributed by atoms with Crippen molar-refractivity contribution in [3.05, 3.63) is 23.9 Å². The van der Waals surface area contributed by atoms with Crippen LogP contribution in [-0.2, 0) is 11.2 Å². The Morgan fingerprint density at radius 3 is 2.88 bits per heavy atom. The molecule has 2 unspecified atom stereocenters. The van der Waals surface area contributed by atoms with Crippen molar-refractivity contribution in [1.82, 2.24) is 4.98 Å². The fourth-order valence-electron chi connectivity index (χ4n) is 2.34. The topological polar surface area (TPSA) is 51.4 Å². The molecule has 0 aliphatic carbocycles. The molecule has 94 valence electrons. The van der Waals surface area contributed by atoms with E-state index in [0.717, 1.165) is 25.3 Å². The second-order valence-electron chi connectivity index (χ2n) is 4.61. The van der Waals surface area contributed by atoms with E-state index >= 15 is 0 Å². The van der Waals surface area contributed by atoms with E-state index in [1.54, 1.807) is 0 Å². The first-order valence-corrected chi connectivity index (χ1v) is 6.22. The van der Waals surface area contributed by atoms with Gasteiger partial charge < -0.3 is 15.4 Å². The third-order valence-electron chi connectivity index (χ3n) is 3.44. The molecule has 1 fully saturated rings. The standard InChI is InChI=1S/C13H21N3O/c1-10-12(6-8-17-10)16(2)13-4-3-11(5-7-14)9-15-13/h3-4,9-10,12H,5-8,14H2,1-2H3. The Labute approximate surface area is 103 Å². The Bertz CT molecular complexity index is 352. The van der Waals surface area contributed by atoms with E-state index in [4.69, 9.17) is 10.5 Å². The second kappa shape index (κ2) is 5.47. The fraction of sp³-hybridized carbons (Fsp3) is 0.615. The molecule has 4 heteroatoms. The van der Waals surface area contributed by atoms with Crippen LogP contribution < -0.4 is 10.6 Å². The van der Waals surface area contributed by atoms with Crippen molar-refractivity contribution in [2.75, 3.05) is 25.1 Å². The Kier molecular flexibility index (Phi) is 3.97. The van der Waals surface area contributed by atoms with Crippen LogP contribution >= 0.6 is 0 Å². The number of ether oxygens (including phenoxy) is 1. The Balaban J connectivity index is 2.05. The summed E-state index contributed by atoms with van der Waals surface area (Å²) >= 11 is 0. The number of nitrogens with two attached hydrogens (primary N) is 1. The first kappa shape index (κ1) is 12.3. The van der Waals surface area contributed by atoms with Crippen molar-refractivity contribution in [3.8, 4) is 0 Å². The van der Waals surface area contributed by atoms with Crippen molar-refractivity contribution in [2.45, 2.75) is 31.9 Å². The first-order valence-electron chi connectivity index (χ1n) is 6.22. The summed E-state index contributed by atoms with van der Waals surface area (Å²) in [5, 5.41) is 0. The lowest BCUT2D eigenvalue weighted by Gasteiger charge is -2.27. The van der Waals surface area contributed by atoms with Crippen LogP contribution in [0.5, 0.6) is 0 Å². The van der Waals surface area contributed by atoms with Crippen molar-refractivity contribution >= 4 is 5.82 Å². The molecule has 0 bridgehead atoms. The maximum absolute atomic E-state index is 5.58. The van der Waals surface area contributed by atoms with Crippen molar-refractivity contribution < 1.29 is 4.74 Å². The van der Waals surface area contributed by atoms with Crippen molar-refractivity contribution in [1.29, 1.82) is 0 Å². The molecule has 0 radical (unpaired) electrons. The molecular formula is C13H21N3O. The summed E-state index contributed by atoms with van der Waals surface area (Å²) in [6, 6.07) is 4.60. The Hall–Kier alpha value is -1.13. The van der Waals surface area contributed by atoms with E-state index in [0.29, 0.717) is 12.6 Å². The third kappa shape index (κ3) is 2.76. The number of nitrogens with zero attached hydrogens (tertiary/aromatic N) is 2. The Morgan fingerprint density at radius 2 is 2.35 bits per heavy atom. The zero-order valence-corrected chi connectivity index (χ0v) is 10.6. The number of anilines is 1. The summed E-state index contributed by atoms with van der Waals surface area (Å²) in [5.41, 5.74) is 6.72. The molecule has 2 atom stereocenters. The molecule has 1 aliphatic rings. The summed E-state index contributed by atoms with van der Waals surface area (Å²) in [7, 11) is 2.08. The molecule has 1 aliphatic heterocycles. The molecule has 2 rings (SSSR count). The van der Waals surface area contributed by atoms with Crippen molar-refractivity contribution in [2.24, 2.45) is 5.73 Å². The summed E-state index contributed by atoms with van der Waals surface area (Å²) in [6.07, 6.45) is 4.16. The lowest BCUT2D eigenvalue weighted by molar-refractivity contribution is 0.118. The first-order chi connectivity index (χ1) is 8.22. The number of pyridine rings is 1. The molecule has 1 aromatic rings. The van der Waals surface area contributed by atoms with Gasteiger partial charge >= 0.3 is 0 Å². The monoisotopic (exact) mass is 235 g/mol. The highest BCUT2D eigenvalue weighted by Gasteiger charge is 2.28. The van der Waals surface area contributed by atoms with E-state index in [2.05, 4.69) is 36.0 Å². The van der Waals surface area contributed by atoms with Gasteiger partial charge in [0.25, 0.3) is 0 Å². The normalized spacial score (nSPS) is 23.9. The smallest absolute Gasteiger partial charge is 0.128 e. The van der Waals surface area contributed by atoms with E-state index in [1.807, 2.05) is 6.20 Å². The average molecular weight is 235 g/mol. The van der Waals surface area contributed by atoms with Crippen LogP contribution in [0.15, 0.2) is 18.3 Å². The van der Waals surface area contributed by atoms with Crippen LogP contribution in [-0.4, -0.2) is 37.3 Å². The van der Waals surface area contributed by atoms with Crippen LogP contribution in [0.25, 0.3) is 0 Å². The van der Waals surface area contributed by atoms with E-state index < -0.39 is 0 Å². The van der Waals surface area contributed by atoms with E-state index in [9.17, 15) is 0 Å². The molecule has 2 N–H and O–H groups in total. The van der Waals surface area contributed by atoms with Gasteiger partial charge in [-0.05, 0) is 37.9 Å². The summed E-state index contributed by atoms with van der Waals surface area (Å²) in [5.74, 6) is 1.01. The fourth-order valence-corrected chi connectivity index (χ4v) is 2.34. The largest absolute Gasteiger partial charge is 0.376 e. The average Bonchev–Trinajstić information content (AvgIpc) is 2.76. The highest BCUT2D eigenvalue weighted by atomic mass is 16.5. The van der Waals surface area contributed by atoms with Crippen LogP contribution in [0.1, 0.15) is 18.9 Å². The van der Waals surface area contributed by atoms with Gasteiger partial charge in [-0.2, -0.15) is 0 Å². The van der Waals surface area contributed by atoms with Gasteiger partial charge in [-0.25, -0.2) is 4.98 Å². The number of hydrogen-bond donors (Lipinski definition) is 1. The van der Waals surface area contributed by atoms with Gasteiger partial charge in [-0.3, -0.25) is 0 Å². The predicted octanol–water partition coefficient (Wildman–Crippen LogP) is 1.20. The third-order valence-corrected chi connectivity index (χ3v) is 3.44. The number of likely N-dealkylation sites (N-methyl/N-ethyl adjacent to an activating group) is 1. The minimum Gasteiger partial charge on any atom is -0.376 e. The predicted molar refractivity (Wildman–Crippen MR) is 69.2 cm³/mol. The quantitative estimate of drug-likeness (QED) is 0.852. The molecule has 1 saturated heterocycles. The van der Waals surface area contributed by atoms with E-state index in [1.165, 1.54) is 5.56 Å². The molecular weight excluding hydrogens is 214 g/mol. The van der Waals surface area contributed by atoms with Crippen LogP contribution in [0.3, 0.4) is 0 Å². The summed E-state index contributed by atoms with van der Waals surface area (Å²) in [4.78, 5) is 6.70. The minimum atomic E-state index is 0.283. The van der Waals surface area contributed by atoms with Gasteiger partial charge in [-0.15, -0.1) is 0 Å². The van der Waals surface area contributed by atoms with Gasteiger partial charge in [0.1, 0.15) is 5.82 Å². The molecule has 2 heterocycles. The summed E-state index contributed by atoms with van der Waals surface area (Å²) in [6.45, 7) is 3.64. The number of rotatable bonds is 4. The zero-order chi connectivity index (χ0) is 12.3. The van der Waals surface area contributed by atoms with Crippen molar-refractivity contribution in [3.63, 3.8) is 0 Å². The number of hydrogen-bond acceptors (Lipinski definition) is 4. The van der Waals surface area contributed by atoms with Crippen LogP contribution in [0.2, 0.25) is 0 Å². The molecule has 0 amide bonds. The zero-order valence-electron chi connectivity index (χ0n) is 10.6. The maximum atomic E-state index is 5.58. The molecule has 0 saturated carbocycles. The highest BCUT2D eigenvalue weighted by molar-refractivity contribution is 5.40. The number of aromatic nitrogens is 1. The molecule has 1 aromatic heterocycles. The summed E-state index contributed by atoms with van der Waals surface area (Å²) < 4.78 is 5.58. The maximum Gasteiger partial charge on any atom is 0.128 e. The van der Waals surface area contributed by atoms with Gasteiger partial charge in [0.15, 0.2) is 0 Å². The van der Waals surface area contributed by atoms with Gasteiger partial charge in [-0.1, -0.05) is 6.07 Å². The lowest BCUT2D eigenvalue weighted by Crippen LogP contribution is -2.37. The van der Waals surface area contributed by atoms with Gasteiger partial charge in [0.05, 0.1) is 12.1 Å². The SMILES string of the molecule is CC1OCCC1N(C)c1ccc(CCN)cn1.